The van der Waals surface area contributed by atoms with Gasteiger partial charge in [-0.25, -0.2) is 4.39 Å². The maximum atomic E-state index is 14.0. The Morgan fingerprint density at radius 1 is 1.13 bits per heavy atom. The number of likely N-dealkylation sites (tertiary alicyclic amines) is 1. The summed E-state index contributed by atoms with van der Waals surface area (Å²) in [5.41, 5.74) is 1.75. The molecule has 1 amide bonds. The van der Waals surface area contributed by atoms with E-state index in [1.54, 1.807) is 31.4 Å². The molecule has 38 heavy (non-hydrogen) atoms. The molecule has 3 aromatic rings. The predicted molar refractivity (Wildman–Crippen MR) is 139 cm³/mol. The van der Waals surface area contributed by atoms with Crippen LogP contribution in [-0.2, 0) is 15.1 Å². The van der Waals surface area contributed by atoms with E-state index in [1.165, 1.54) is 12.1 Å². The van der Waals surface area contributed by atoms with E-state index in [-0.39, 0.29) is 19.3 Å². The molecule has 0 N–H and O–H groups in total. The largest absolute Gasteiger partial charge is 0.493 e. The lowest BCUT2D eigenvalue weighted by Gasteiger charge is -2.45. The number of carbonyl (C=O) groups is 1. The summed E-state index contributed by atoms with van der Waals surface area (Å²) in [5, 5.41) is 0. The summed E-state index contributed by atoms with van der Waals surface area (Å²) < 4.78 is 45.3. The van der Waals surface area contributed by atoms with Crippen LogP contribution < -0.4 is 14.2 Å². The van der Waals surface area contributed by atoms with Crippen molar-refractivity contribution in [2.24, 2.45) is 0 Å². The number of aromatic nitrogens is 1. The number of carbonyl (C=O) groups excluding carboxylic acids is 1. The fraction of sp³-hybridized carbons (Fsp3) is 0.414. The molecule has 1 atom stereocenters. The zero-order chi connectivity index (χ0) is 26.5. The number of halogens is 1. The monoisotopic (exact) mass is 524 g/mol. The van der Waals surface area contributed by atoms with Crippen molar-refractivity contribution in [1.29, 1.82) is 0 Å². The lowest BCUT2D eigenvalue weighted by molar-refractivity contribution is -0.141. The minimum Gasteiger partial charge on any atom is -0.493 e. The Kier molecular flexibility index (Phi) is 6.07. The standard InChI is InChI=1S/C29H31FN2O6.H2/c1-28(2)36-18-21(37-28)17-35-23-9-6-19(15-25(23)34-3)27(33)31-13-10-29(11-14-31)26-5-4-12-32(26)22-8-7-20(30)16-24(22)38-29;/h4-9,12,15-16,21H,10-11,13-14,17-18H2,1-3H3;1H/t21-;/m0./s1. The molecule has 202 valence electrons. The number of nitrogens with zero attached hydrogens (tertiary/aromatic N) is 2. The van der Waals surface area contributed by atoms with E-state index < -0.39 is 11.4 Å². The first kappa shape index (κ1) is 24.8. The smallest absolute Gasteiger partial charge is 0.253 e. The van der Waals surface area contributed by atoms with Gasteiger partial charge in [0.25, 0.3) is 5.91 Å². The summed E-state index contributed by atoms with van der Waals surface area (Å²) in [4.78, 5) is 15.2. The maximum absolute atomic E-state index is 14.0. The van der Waals surface area contributed by atoms with Crippen LogP contribution in [0.5, 0.6) is 17.2 Å². The molecule has 2 saturated heterocycles. The molecule has 0 saturated carbocycles. The second-order valence-electron chi connectivity index (χ2n) is 10.4. The fourth-order valence-corrected chi connectivity index (χ4v) is 5.55. The molecular weight excluding hydrogens is 491 g/mol. The van der Waals surface area contributed by atoms with Crippen LogP contribution in [0.4, 0.5) is 4.39 Å². The molecule has 8 nitrogen and oxygen atoms in total. The molecule has 1 aromatic heterocycles. The lowest BCUT2D eigenvalue weighted by atomic mass is 9.86. The van der Waals surface area contributed by atoms with Crippen LogP contribution in [-0.4, -0.2) is 60.7 Å². The summed E-state index contributed by atoms with van der Waals surface area (Å²) in [6.45, 7) is 5.52. The number of methoxy groups -OCH3 is 1. The average molecular weight is 525 g/mol. The van der Waals surface area contributed by atoms with Crippen LogP contribution >= 0.6 is 0 Å². The Bertz CT molecular complexity index is 1370. The van der Waals surface area contributed by atoms with Crippen LogP contribution in [0.2, 0.25) is 0 Å². The van der Waals surface area contributed by atoms with Crippen LogP contribution in [0.3, 0.4) is 0 Å². The number of rotatable bonds is 5. The minimum absolute atomic E-state index is 0. The van der Waals surface area contributed by atoms with Crippen LogP contribution in [0, 0.1) is 5.82 Å². The summed E-state index contributed by atoms with van der Waals surface area (Å²) >= 11 is 0. The van der Waals surface area contributed by atoms with E-state index >= 15 is 0 Å². The summed E-state index contributed by atoms with van der Waals surface area (Å²) in [6.07, 6.45) is 2.98. The van der Waals surface area contributed by atoms with Crippen molar-refractivity contribution in [3.63, 3.8) is 0 Å². The highest BCUT2D eigenvalue weighted by Crippen LogP contribution is 2.45. The second-order valence-corrected chi connectivity index (χ2v) is 10.4. The average Bonchev–Trinajstić information content (AvgIpc) is 3.54. The Balaban J connectivity index is 0.00000308. The van der Waals surface area contributed by atoms with Crippen molar-refractivity contribution in [2.45, 2.75) is 44.2 Å². The first-order valence-corrected chi connectivity index (χ1v) is 12.9. The molecule has 0 radical (unpaired) electrons. The number of hydrogen-bond donors (Lipinski definition) is 0. The van der Waals surface area contributed by atoms with Gasteiger partial charge in [0.2, 0.25) is 0 Å². The second kappa shape index (κ2) is 9.32. The summed E-state index contributed by atoms with van der Waals surface area (Å²) in [5.74, 6) is 0.499. The molecule has 2 fully saturated rings. The maximum Gasteiger partial charge on any atom is 0.253 e. The third-order valence-corrected chi connectivity index (χ3v) is 7.46. The topological polar surface area (TPSA) is 71.4 Å². The Hall–Kier alpha value is -3.56. The van der Waals surface area contributed by atoms with Crippen molar-refractivity contribution in [2.75, 3.05) is 33.4 Å². The van der Waals surface area contributed by atoms with Crippen molar-refractivity contribution in [3.8, 4) is 22.9 Å². The first-order valence-electron chi connectivity index (χ1n) is 12.9. The zero-order valence-electron chi connectivity index (χ0n) is 21.7. The van der Waals surface area contributed by atoms with E-state index in [0.717, 1.165) is 11.4 Å². The number of ether oxygens (including phenoxy) is 5. The van der Waals surface area contributed by atoms with Crippen molar-refractivity contribution < 1.29 is 34.3 Å². The SMILES string of the molecule is COc1cc(C(=O)N2CCC3(CC2)Oc2cc(F)ccc2-n2cccc23)ccc1OC[C@H]1COC(C)(C)O1.[HH]. The molecule has 4 heterocycles. The molecule has 3 aliphatic rings. The van der Waals surface area contributed by atoms with Gasteiger partial charge in [-0.15, -0.1) is 0 Å². The van der Waals surface area contributed by atoms with Crippen molar-refractivity contribution in [1.82, 2.24) is 9.47 Å². The van der Waals surface area contributed by atoms with Crippen LogP contribution in [0.15, 0.2) is 54.7 Å². The molecule has 0 bridgehead atoms. The van der Waals surface area contributed by atoms with Gasteiger partial charge in [0.05, 0.1) is 25.1 Å². The number of fused-ring (bicyclic) bond motifs is 4. The Labute approximate surface area is 222 Å². The highest BCUT2D eigenvalue weighted by Gasteiger charge is 2.44. The van der Waals surface area contributed by atoms with E-state index in [2.05, 4.69) is 4.57 Å². The third kappa shape index (κ3) is 4.39. The molecule has 2 aromatic carbocycles. The van der Waals surface area contributed by atoms with Crippen LogP contribution in [0.1, 0.15) is 44.2 Å². The van der Waals surface area contributed by atoms with Gasteiger partial charge in [-0.2, -0.15) is 0 Å². The van der Waals surface area contributed by atoms with Gasteiger partial charge in [0.1, 0.15) is 24.3 Å². The number of piperidine rings is 1. The molecule has 9 heteroatoms. The van der Waals surface area contributed by atoms with Crippen molar-refractivity contribution >= 4 is 5.91 Å². The van der Waals surface area contributed by atoms with E-state index in [1.807, 2.05) is 37.1 Å². The zero-order valence-corrected chi connectivity index (χ0v) is 21.7. The molecule has 6 rings (SSSR count). The van der Waals surface area contributed by atoms with Gasteiger partial charge in [-0.05, 0) is 56.3 Å². The predicted octanol–water partition coefficient (Wildman–Crippen LogP) is 4.93. The van der Waals surface area contributed by atoms with Crippen LogP contribution in [0.25, 0.3) is 5.69 Å². The quantitative estimate of drug-likeness (QED) is 0.472. The number of benzene rings is 2. The normalized spacial score (nSPS) is 20.9. The lowest BCUT2D eigenvalue weighted by Crippen LogP contribution is -2.50. The van der Waals surface area contributed by atoms with Crippen molar-refractivity contribution in [3.05, 3.63) is 71.8 Å². The molecule has 0 aliphatic carbocycles. The van der Waals surface area contributed by atoms with E-state index in [9.17, 15) is 9.18 Å². The Morgan fingerprint density at radius 3 is 2.68 bits per heavy atom. The summed E-state index contributed by atoms with van der Waals surface area (Å²) in [7, 11) is 1.55. The molecular formula is C29H33FN2O6. The minimum atomic E-state index is -0.618. The Morgan fingerprint density at radius 2 is 1.95 bits per heavy atom. The number of hydrogen-bond acceptors (Lipinski definition) is 6. The van der Waals surface area contributed by atoms with Gasteiger partial charge < -0.3 is 33.2 Å². The van der Waals surface area contributed by atoms with E-state index in [4.69, 9.17) is 23.7 Å². The molecule has 1 spiro atoms. The highest BCUT2D eigenvalue weighted by atomic mass is 19.1. The molecule has 3 aliphatic heterocycles. The van der Waals surface area contributed by atoms with Gasteiger partial charge >= 0.3 is 0 Å². The first-order chi connectivity index (χ1) is 18.3. The van der Waals surface area contributed by atoms with Gasteiger partial charge in [0, 0.05) is 45.2 Å². The third-order valence-electron chi connectivity index (χ3n) is 7.46. The van der Waals surface area contributed by atoms with Gasteiger partial charge in [-0.3, -0.25) is 4.79 Å². The van der Waals surface area contributed by atoms with E-state index in [0.29, 0.717) is 62.0 Å². The van der Waals surface area contributed by atoms with Gasteiger partial charge in [0.15, 0.2) is 22.9 Å². The number of amides is 1. The highest BCUT2D eigenvalue weighted by molar-refractivity contribution is 5.95. The fourth-order valence-electron chi connectivity index (χ4n) is 5.55. The van der Waals surface area contributed by atoms with Gasteiger partial charge in [-0.1, -0.05) is 0 Å². The molecule has 0 unspecified atom stereocenters. The summed E-state index contributed by atoms with van der Waals surface area (Å²) in [6, 6.07) is 13.8.